The van der Waals surface area contributed by atoms with E-state index in [9.17, 15) is 0 Å². The second-order valence-electron chi connectivity index (χ2n) is 6.67. The molecule has 1 fully saturated rings. The van der Waals surface area contributed by atoms with E-state index in [0.717, 1.165) is 37.1 Å². The van der Waals surface area contributed by atoms with Crippen LogP contribution in [0, 0.1) is 0 Å². The predicted molar refractivity (Wildman–Crippen MR) is 84.5 cm³/mol. The van der Waals surface area contributed by atoms with E-state index in [4.69, 9.17) is 4.98 Å². The van der Waals surface area contributed by atoms with Crippen molar-refractivity contribution in [2.24, 2.45) is 0 Å². The molecule has 0 aliphatic heterocycles. The second-order valence-corrected chi connectivity index (χ2v) is 6.67. The van der Waals surface area contributed by atoms with E-state index >= 15 is 0 Å². The summed E-state index contributed by atoms with van der Waals surface area (Å²) in [7, 11) is 0. The minimum absolute atomic E-state index is 0.126. The van der Waals surface area contributed by atoms with Gasteiger partial charge in [0.05, 0.1) is 11.4 Å². The SMILES string of the molecule is C=CCN(Cc1cccc(CNC(C)(C)C)n1)C1CC1. The summed E-state index contributed by atoms with van der Waals surface area (Å²) in [5, 5.41) is 3.49. The highest BCUT2D eigenvalue weighted by atomic mass is 15.2. The third kappa shape index (κ3) is 5.06. The van der Waals surface area contributed by atoms with Gasteiger partial charge in [0.15, 0.2) is 0 Å². The summed E-state index contributed by atoms with van der Waals surface area (Å²) >= 11 is 0. The normalized spacial score (nSPS) is 15.6. The van der Waals surface area contributed by atoms with Crippen molar-refractivity contribution in [2.75, 3.05) is 6.54 Å². The minimum Gasteiger partial charge on any atom is -0.306 e. The summed E-state index contributed by atoms with van der Waals surface area (Å²) in [6.07, 6.45) is 4.63. The lowest BCUT2D eigenvalue weighted by molar-refractivity contribution is 0.280. The van der Waals surface area contributed by atoms with E-state index in [1.807, 2.05) is 6.08 Å². The fourth-order valence-corrected chi connectivity index (χ4v) is 2.23. The molecule has 0 saturated heterocycles. The van der Waals surface area contributed by atoms with E-state index in [2.05, 4.69) is 55.8 Å². The van der Waals surface area contributed by atoms with Gasteiger partial charge in [-0.3, -0.25) is 9.88 Å². The smallest absolute Gasteiger partial charge is 0.0548 e. The van der Waals surface area contributed by atoms with Gasteiger partial charge in [-0.15, -0.1) is 6.58 Å². The van der Waals surface area contributed by atoms with Crippen molar-refractivity contribution in [2.45, 2.75) is 58.3 Å². The molecule has 0 unspecified atom stereocenters. The first kappa shape index (κ1) is 15.2. The summed E-state index contributed by atoms with van der Waals surface area (Å²) < 4.78 is 0. The van der Waals surface area contributed by atoms with Crippen molar-refractivity contribution in [1.82, 2.24) is 15.2 Å². The van der Waals surface area contributed by atoms with Crippen molar-refractivity contribution in [3.8, 4) is 0 Å². The molecule has 0 bridgehead atoms. The van der Waals surface area contributed by atoms with E-state index in [-0.39, 0.29) is 5.54 Å². The van der Waals surface area contributed by atoms with Gasteiger partial charge in [-0.05, 0) is 45.7 Å². The highest BCUT2D eigenvalue weighted by Crippen LogP contribution is 2.27. The fourth-order valence-electron chi connectivity index (χ4n) is 2.23. The molecule has 0 spiro atoms. The van der Waals surface area contributed by atoms with Crippen LogP contribution in [0.3, 0.4) is 0 Å². The van der Waals surface area contributed by atoms with Gasteiger partial charge in [-0.1, -0.05) is 12.1 Å². The zero-order valence-corrected chi connectivity index (χ0v) is 13.0. The first-order valence-corrected chi connectivity index (χ1v) is 7.53. The third-order valence-electron chi connectivity index (χ3n) is 3.46. The van der Waals surface area contributed by atoms with Crippen molar-refractivity contribution >= 4 is 0 Å². The molecule has 1 heterocycles. The maximum absolute atomic E-state index is 4.77. The molecular weight excluding hydrogens is 246 g/mol. The Balaban J connectivity index is 1.96. The molecule has 1 saturated carbocycles. The van der Waals surface area contributed by atoms with Crippen molar-refractivity contribution in [1.29, 1.82) is 0 Å². The number of rotatable bonds is 7. The standard InChI is InChI=1S/C17H27N3/c1-5-11-20(16-9-10-16)13-15-8-6-7-14(19-15)12-18-17(2,3)4/h5-8,16,18H,1,9-13H2,2-4H3. The van der Waals surface area contributed by atoms with E-state index in [0.29, 0.717) is 0 Å². The predicted octanol–water partition coefficient (Wildman–Crippen LogP) is 3.12. The van der Waals surface area contributed by atoms with Crippen molar-refractivity contribution < 1.29 is 0 Å². The van der Waals surface area contributed by atoms with Gasteiger partial charge in [0.1, 0.15) is 0 Å². The molecule has 0 atom stereocenters. The summed E-state index contributed by atoms with van der Waals surface area (Å²) in [6.45, 7) is 13.1. The highest BCUT2D eigenvalue weighted by Gasteiger charge is 2.28. The van der Waals surface area contributed by atoms with Crippen LogP contribution in [-0.2, 0) is 13.1 Å². The number of nitrogens with zero attached hydrogens (tertiary/aromatic N) is 2. The molecule has 1 aromatic rings. The molecule has 1 aliphatic rings. The maximum Gasteiger partial charge on any atom is 0.0548 e. The first-order chi connectivity index (χ1) is 9.48. The van der Waals surface area contributed by atoms with E-state index < -0.39 is 0 Å². The van der Waals surface area contributed by atoms with Crippen LogP contribution in [-0.4, -0.2) is 28.0 Å². The number of hydrogen-bond acceptors (Lipinski definition) is 3. The lowest BCUT2D eigenvalue weighted by atomic mass is 10.1. The van der Waals surface area contributed by atoms with Crippen LogP contribution in [0.15, 0.2) is 30.9 Å². The van der Waals surface area contributed by atoms with Crippen LogP contribution in [0.25, 0.3) is 0 Å². The molecule has 1 aromatic heterocycles. The molecular formula is C17H27N3. The molecule has 0 amide bonds. The van der Waals surface area contributed by atoms with Crippen LogP contribution >= 0.6 is 0 Å². The summed E-state index contributed by atoms with van der Waals surface area (Å²) in [4.78, 5) is 7.24. The Bertz CT molecular complexity index is 444. The Morgan fingerprint density at radius 2 is 2.05 bits per heavy atom. The van der Waals surface area contributed by atoms with Gasteiger partial charge in [0.2, 0.25) is 0 Å². The van der Waals surface area contributed by atoms with Gasteiger partial charge in [0, 0.05) is 31.2 Å². The zero-order chi connectivity index (χ0) is 14.6. The molecule has 3 heteroatoms. The van der Waals surface area contributed by atoms with Crippen LogP contribution in [0.4, 0.5) is 0 Å². The van der Waals surface area contributed by atoms with Gasteiger partial charge in [0.25, 0.3) is 0 Å². The van der Waals surface area contributed by atoms with Crippen LogP contribution in [0.1, 0.15) is 45.0 Å². The molecule has 20 heavy (non-hydrogen) atoms. The Labute approximate surface area is 123 Å². The quantitative estimate of drug-likeness (QED) is 0.774. The Morgan fingerprint density at radius 3 is 2.65 bits per heavy atom. The summed E-state index contributed by atoms with van der Waals surface area (Å²) in [5.74, 6) is 0. The molecule has 3 nitrogen and oxygen atoms in total. The molecule has 1 N–H and O–H groups in total. The Kier molecular flexibility index (Phi) is 4.95. The number of hydrogen-bond donors (Lipinski definition) is 1. The van der Waals surface area contributed by atoms with E-state index in [1.165, 1.54) is 12.8 Å². The van der Waals surface area contributed by atoms with Crippen molar-refractivity contribution in [3.05, 3.63) is 42.2 Å². The monoisotopic (exact) mass is 273 g/mol. The first-order valence-electron chi connectivity index (χ1n) is 7.53. The van der Waals surface area contributed by atoms with Gasteiger partial charge >= 0.3 is 0 Å². The molecule has 2 rings (SSSR count). The zero-order valence-electron chi connectivity index (χ0n) is 13.0. The number of nitrogens with one attached hydrogen (secondary N) is 1. The van der Waals surface area contributed by atoms with Crippen LogP contribution < -0.4 is 5.32 Å². The lowest BCUT2D eigenvalue weighted by Crippen LogP contribution is -2.35. The maximum atomic E-state index is 4.77. The number of aromatic nitrogens is 1. The Hall–Kier alpha value is -1.19. The van der Waals surface area contributed by atoms with Gasteiger partial charge in [-0.25, -0.2) is 0 Å². The molecule has 0 aromatic carbocycles. The van der Waals surface area contributed by atoms with Crippen LogP contribution in [0.5, 0.6) is 0 Å². The summed E-state index contributed by atoms with van der Waals surface area (Å²) in [5.41, 5.74) is 2.40. The van der Waals surface area contributed by atoms with Gasteiger partial charge in [-0.2, -0.15) is 0 Å². The van der Waals surface area contributed by atoms with E-state index in [1.54, 1.807) is 0 Å². The molecule has 1 aliphatic carbocycles. The minimum atomic E-state index is 0.126. The fraction of sp³-hybridized carbons (Fsp3) is 0.588. The van der Waals surface area contributed by atoms with Gasteiger partial charge < -0.3 is 5.32 Å². The lowest BCUT2D eigenvalue weighted by Gasteiger charge is -2.21. The molecule has 110 valence electrons. The third-order valence-corrected chi connectivity index (χ3v) is 3.46. The number of pyridine rings is 1. The summed E-state index contributed by atoms with van der Waals surface area (Å²) in [6, 6.07) is 7.07. The highest BCUT2D eigenvalue weighted by molar-refractivity contribution is 5.12. The average Bonchev–Trinajstić information content (AvgIpc) is 3.20. The average molecular weight is 273 g/mol. The topological polar surface area (TPSA) is 28.2 Å². The Morgan fingerprint density at radius 1 is 1.35 bits per heavy atom. The molecule has 0 radical (unpaired) electrons. The second kappa shape index (κ2) is 6.51. The van der Waals surface area contributed by atoms with Crippen LogP contribution in [0.2, 0.25) is 0 Å². The largest absolute Gasteiger partial charge is 0.306 e. The van der Waals surface area contributed by atoms with Crippen molar-refractivity contribution in [3.63, 3.8) is 0 Å².